The summed E-state index contributed by atoms with van der Waals surface area (Å²) in [5.41, 5.74) is 1.50. The molecule has 1 atom stereocenters. The minimum absolute atomic E-state index is 0.105. The second kappa shape index (κ2) is 6.34. The molecule has 114 valence electrons. The van der Waals surface area contributed by atoms with Crippen molar-refractivity contribution in [2.75, 3.05) is 32.7 Å². The molecule has 0 saturated carbocycles. The van der Waals surface area contributed by atoms with E-state index in [1.54, 1.807) is 0 Å². The van der Waals surface area contributed by atoms with Crippen molar-refractivity contribution >= 4 is 17.5 Å². The third-order valence-corrected chi connectivity index (χ3v) is 4.87. The molecule has 1 spiro atoms. The van der Waals surface area contributed by atoms with E-state index in [9.17, 15) is 4.79 Å². The van der Waals surface area contributed by atoms with Crippen molar-refractivity contribution in [3.8, 4) is 0 Å². The number of nitrogens with one attached hydrogen (secondary N) is 2. The zero-order valence-corrected chi connectivity index (χ0v) is 13.0. The molecule has 1 amide bonds. The molecule has 2 fully saturated rings. The van der Waals surface area contributed by atoms with Gasteiger partial charge in [-0.15, -0.1) is 0 Å². The van der Waals surface area contributed by atoms with E-state index in [1.165, 1.54) is 12.8 Å². The summed E-state index contributed by atoms with van der Waals surface area (Å²) in [7, 11) is 0. The summed E-state index contributed by atoms with van der Waals surface area (Å²) in [6.45, 7) is 5.39. The zero-order chi connectivity index (χ0) is 14.7. The fourth-order valence-electron chi connectivity index (χ4n) is 3.37. The summed E-state index contributed by atoms with van der Waals surface area (Å²) in [5, 5.41) is 7.15. The van der Waals surface area contributed by atoms with Crippen molar-refractivity contribution < 1.29 is 4.79 Å². The number of rotatable bonds is 4. The van der Waals surface area contributed by atoms with Crippen LogP contribution in [0.25, 0.3) is 0 Å². The Morgan fingerprint density at radius 2 is 2.14 bits per heavy atom. The lowest BCUT2D eigenvalue weighted by atomic mass is 9.87. The molecule has 2 N–H and O–H groups in total. The molecule has 0 aliphatic carbocycles. The maximum Gasteiger partial charge on any atom is 0.234 e. The minimum Gasteiger partial charge on any atom is -0.351 e. The van der Waals surface area contributed by atoms with Crippen LogP contribution < -0.4 is 10.6 Å². The van der Waals surface area contributed by atoms with Crippen LogP contribution in [-0.4, -0.2) is 43.5 Å². The Kier molecular flexibility index (Phi) is 4.48. The molecule has 4 nitrogen and oxygen atoms in total. The van der Waals surface area contributed by atoms with Crippen LogP contribution >= 0.6 is 11.6 Å². The van der Waals surface area contributed by atoms with Crippen LogP contribution in [0.3, 0.4) is 0 Å². The van der Waals surface area contributed by atoms with Crippen molar-refractivity contribution in [3.63, 3.8) is 0 Å². The number of likely N-dealkylation sites (tertiary alicyclic amines) is 1. The lowest BCUT2D eigenvalue weighted by Gasteiger charge is -2.22. The highest BCUT2D eigenvalue weighted by molar-refractivity contribution is 6.30. The molecule has 21 heavy (non-hydrogen) atoms. The Hall–Kier alpha value is -1.10. The lowest BCUT2D eigenvalue weighted by molar-refractivity contribution is -0.122. The second-order valence-electron chi connectivity index (χ2n) is 6.29. The van der Waals surface area contributed by atoms with Crippen LogP contribution in [0.4, 0.5) is 0 Å². The van der Waals surface area contributed by atoms with Gasteiger partial charge in [-0.3, -0.25) is 9.69 Å². The highest BCUT2D eigenvalue weighted by Gasteiger charge is 2.40. The molecular weight excluding hydrogens is 286 g/mol. The van der Waals surface area contributed by atoms with Crippen LogP contribution in [0, 0.1) is 5.41 Å². The molecule has 1 aromatic rings. The number of carbonyl (C=O) groups excluding carboxylic acids is 1. The average Bonchev–Trinajstić information content (AvgIpc) is 3.09. The van der Waals surface area contributed by atoms with Gasteiger partial charge in [0, 0.05) is 24.7 Å². The molecule has 1 unspecified atom stereocenters. The summed E-state index contributed by atoms with van der Waals surface area (Å²) < 4.78 is 0. The van der Waals surface area contributed by atoms with Gasteiger partial charge in [-0.05, 0) is 49.0 Å². The molecule has 2 heterocycles. The molecule has 5 heteroatoms. The third-order valence-electron chi connectivity index (χ3n) is 4.62. The van der Waals surface area contributed by atoms with Gasteiger partial charge in [-0.25, -0.2) is 0 Å². The summed E-state index contributed by atoms with van der Waals surface area (Å²) >= 11 is 5.85. The quantitative estimate of drug-likeness (QED) is 0.889. The zero-order valence-electron chi connectivity index (χ0n) is 12.2. The monoisotopic (exact) mass is 307 g/mol. The van der Waals surface area contributed by atoms with Crippen molar-refractivity contribution in [3.05, 3.63) is 34.9 Å². The fourth-order valence-corrected chi connectivity index (χ4v) is 3.49. The fraction of sp³-hybridized carbons (Fsp3) is 0.562. The van der Waals surface area contributed by atoms with Gasteiger partial charge < -0.3 is 10.6 Å². The molecule has 1 aromatic carbocycles. The Labute approximate surface area is 130 Å². The van der Waals surface area contributed by atoms with E-state index in [0.717, 1.165) is 36.8 Å². The number of benzene rings is 1. The van der Waals surface area contributed by atoms with Gasteiger partial charge in [0.2, 0.25) is 5.91 Å². The van der Waals surface area contributed by atoms with Crippen molar-refractivity contribution in [2.24, 2.45) is 5.41 Å². The van der Waals surface area contributed by atoms with Crippen LogP contribution in [-0.2, 0) is 11.3 Å². The van der Waals surface area contributed by atoms with Gasteiger partial charge in [0.15, 0.2) is 0 Å². The first-order valence-electron chi connectivity index (χ1n) is 7.60. The molecule has 0 radical (unpaired) electrons. The van der Waals surface area contributed by atoms with Crippen molar-refractivity contribution in [1.82, 2.24) is 15.5 Å². The first-order valence-corrected chi connectivity index (χ1v) is 7.97. The van der Waals surface area contributed by atoms with E-state index in [0.29, 0.717) is 18.5 Å². The van der Waals surface area contributed by atoms with E-state index in [1.807, 2.05) is 24.3 Å². The smallest absolute Gasteiger partial charge is 0.234 e. The standard InChI is InChI=1S/C16H22ClN3O/c17-14-3-1-13(2-4-14)9-19-15(21)10-20-8-6-16(12-20)5-7-18-11-16/h1-4,18H,5-12H2,(H,19,21). The minimum atomic E-state index is 0.105. The molecular formula is C16H22ClN3O. The second-order valence-corrected chi connectivity index (χ2v) is 6.73. The Morgan fingerprint density at radius 3 is 2.86 bits per heavy atom. The predicted octanol–water partition coefficient (Wildman–Crippen LogP) is 1.64. The number of hydrogen-bond acceptors (Lipinski definition) is 3. The molecule has 2 saturated heterocycles. The summed E-state index contributed by atoms with van der Waals surface area (Å²) in [4.78, 5) is 14.3. The highest BCUT2D eigenvalue weighted by atomic mass is 35.5. The van der Waals surface area contributed by atoms with Crippen LogP contribution in [0.2, 0.25) is 5.02 Å². The largest absolute Gasteiger partial charge is 0.351 e. The third kappa shape index (κ3) is 3.76. The average molecular weight is 308 g/mol. The summed E-state index contributed by atoms with van der Waals surface area (Å²) in [6, 6.07) is 7.58. The van der Waals surface area contributed by atoms with Gasteiger partial charge in [0.1, 0.15) is 0 Å². The molecule has 0 bridgehead atoms. The first-order chi connectivity index (χ1) is 10.2. The molecule has 2 aliphatic rings. The highest BCUT2D eigenvalue weighted by Crippen LogP contribution is 2.35. The van der Waals surface area contributed by atoms with Gasteiger partial charge in [0.25, 0.3) is 0 Å². The number of hydrogen-bond donors (Lipinski definition) is 2. The Bertz CT molecular complexity index is 497. The summed E-state index contributed by atoms with van der Waals surface area (Å²) in [5.74, 6) is 0.105. The number of carbonyl (C=O) groups is 1. The van der Waals surface area contributed by atoms with E-state index in [-0.39, 0.29) is 5.91 Å². The maximum atomic E-state index is 12.0. The normalized spacial score (nSPS) is 25.6. The van der Waals surface area contributed by atoms with Crippen molar-refractivity contribution in [1.29, 1.82) is 0 Å². The molecule has 0 aromatic heterocycles. The van der Waals surface area contributed by atoms with Crippen molar-refractivity contribution in [2.45, 2.75) is 19.4 Å². The maximum absolute atomic E-state index is 12.0. The molecule has 3 rings (SSSR count). The Morgan fingerprint density at radius 1 is 1.33 bits per heavy atom. The van der Waals surface area contributed by atoms with E-state index in [2.05, 4.69) is 15.5 Å². The van der Waals surface area contributed by atoms with Crippen LogP contribution in [0.1, 0.15) is 18.4 Å². The SMILES string of the molecule is O=C(CN1CCC2(CCNC2)C1)NCc1ccc(Cl)cc1. The van der Waals surface area contributed by atoms with Crippen LogP contribution in [0.15, 0.2) is 24.3 Å². The van der Waals surface area contributed by atoms with E-state index < -0.39 is 0 Å². The first kappa shape index (κ1) is 14.8. The van der Waals surface area contributed by atoms with Gasteiger partial charge in [-0.1, -0.05) is 23.7 Å². The van der Waals surface area contributed by atoms with Gasteiger partial charge in [-0.2, -0.15) is 0 Å². The van der Waals surface area contributed by atoms with E-state index in [4.69, 9.17) is 11.6 Å². The number of amides is 1. The van der Waals surface area contributed by atoms with Crippen LogP contribution in [0.5, 0.6) is 0 Å². The topological polar surface area (TPSA) is 44.4 Å². The van der Waals surface area contributed by atoms with Gasteiger partial charge in [0.05, 0.1) is 6.54 Å². The molecule has 2 aliphatic heterocycles. The Balaban J connectivity index is 1.43. The number of halogens is 1. The van der Waals surface area contributed by atoms with E-state index >= 15 is 0 Å². The summed E-state index contributed by atoms with van der Waals surface area (Å²) in [6.07, 6.45) is 2.46. The van der Waals surface area contributed by atoms with Gasteiger partial charge >= 0.3 is 0 Å². The number of nitrogens with zero attached hydrogens (tertiary/aromatic N) is 1. The predicted molar refractivity (Wildman–Crippen MR) is 84.3 cm³/mol. The lowest BCUT2D eigenvalue weighted by Crippen LogP contribution is -2.37.